The number of urea groups is 1. The molecule has 0 saturated carbocycles. The molecule has 0 radical (unpaired) electrons. The second-order valence-electron chi connectivity index (χ2n) is 6.82. The number of imide groups is 1. The van der Waals surface area contributed by atoms with Crippen LogP contribution in [0.3, 0.4) is 0 Å². The molecule has 8 heteroatoms. The van der Waals surface area contributed by atoms with E-state index in [0.717, 1.165) is 11.3 Å². The number of rotatable bonds is 4. The van der Waals surface area contributed by atoms with Crippen LogP contribution in [-0.2, 0) is 9.53 Å². The van der Waals surface area contributed by atoms with Crippen molar-refractivity contribution in [2.75, 3.05) is 29.9 Å². The van der Waals surface area contributed by atoms with Crippen LogP contribution in [0.1, 0.15) is 26.3 Å². The van der Waals surface area contributed by atoms with E-state index >= 15 is 0 Å². The van der Waals surface area contributed by atoms with Gasteiger partial charge >= 0.3 is 12.1 Å². The van der Waals surface area contributed by atoms with Gasteiger partial charge in [-0.15, -0.1) is 0 Å². The molecule has 0 aromatic heterocycles. The molecule has 1 aliphatic heterocycles. The van der Waals surface area contributed by atoms with E-state index in [4.69, 9.17) is 4.74 Å². The summed E-state index contributed by atoms with van der Waals surface area (Å²) in [5.74, 6) is -0.452. The summed E-state index contributed by atoms with van der Waals surface area (Å²) in [6, 6.07) is 4.89. The maximum absolute atomic E-state index is 11.9. The van der Waals surface area contributed by atoms with Crippen molar-refractivity contribution in [1.82, 2.24) is 10.6 Å². The molecule has 8 nitrogen and oxygen atoms in total. The fourth-order valence-electron chi connectivity index (χ4n) is 2.44. The molecule has 0 spiro atoms. The van der Waals surface area contributed by atoms with E-state index in [-0.39, 0.29) is 12.6 Å². The van der Waals surface area contributed by atoms with Gasteiger partial charge in [-0.05, 0) is 45.4 Å². The van der Waals surface area contributed by atoms with Crippen LogP contribution in [0.2, 0.25) is 0 Å². The van der Waals surface area contributed by atoms with Gasteiger partial charge in [0.1, 0.15) is 6.61 Å². The molecule has 2 rings (SSSR count). The molecule has 1 fully saturated rings. The van der Waals surface area contributed by atoms with Crippen molar-refractivity contribution in [3.63, 3.8) is 0 Å². The van der Waals surface area contributed by atoms with Crippen LogP contribution in [-0.4, -0.2) is 43.3 Å². The van der Waals surface area contributed by atoms with Gasteiger partial charge in [-0.1, -0.05) is 6.07 Å². The number of cyclic esters (lactones) is 1. The lowest BCUT2D eigenvalue weighted by Gasteiger charge is -2.21. The minimum atomic E-state index is -0.537. The van der Waals surface area contributed by atoms with Crippen molar-refractivity contribution in [3.05, 3.63) is 23.8 Å². The van der Waals surface area contributed by atoms with Gasteiger partial charge in [0.15, 0.2) is 0 Å². The number of carbonyl (C=O) groups excluding carboxylic acids is 3. The summed E-state index contributed by atoms with van der Waals surface area (Å²) in [4.78, 5) is 36.8. The Labute approximate surface area is 146 Å². The largest absolute Gasteiger partial charge is 0.447 e. The van der Waals surface area contributed by atoms with Gasteiger partial charge in [-0.25, -0.2) is 9.59 Å². The Morgan fingerprint density at radius 1 is 1.28 bits per heavy atom. The van der Waals surface area contributed by atoms with Gasteiger partial charge in [-0.3, -0.25) is 15.0 Å². The minimum Gasteiger partial charge on any atom is -0.447 e. The van der Waals surface area contributed by atoms with Crippen molar-refractivity contribution < 1.29 is 19.1 Å². The van der Waals surface area contributed by atoms with Crippen molar-refractivity contribution in [2.24, 2.45) is 0 Å². The van der Waals surface area contributed by atoms with E-state index in [1.807, 2.05) is 39.8 Å². The van der Waals surface area contributed by atoms with Crippen LogP contribution in [0.4, 0.5) is 21.0 Å². The third-order valence-electron chi connectivity index (χ3n) is 3.54. The molecule has 1 aliphatic rings. The minimum absolute atomic E-state index is 0.0632. The summed E-state index contributed by atoms with van der Waals surface area (Å²) < 4.78 is 4.95. The van der Waals surface area contributed by atoms with E-state index in [2.05, 4.69) is 16.0 Å². The molecule has 136 valence electrons. The molecule has 0 aliphatic carbocycles. The van der Waals surface area contributed by atoms with Crippen LogP contribution >= 0.6 is 0 Å². The normalized spacial score (nSPS) is 14.1. The fourth-order valence-corrected chi connectivity index (χ4v) is 2.44. The highest BCUT2D eigenvalue weighted by atomic mass is 16.6. The highest BCUT2D eigenvalue weighted by molar-refractivity contribution is 5.97. The average Bonchev–Trinajstić information content (AvgIpc) is 2.90. The maximum atomic E-state index is 11.9. The van der Waals surface area contributed by atoms with E-state index in [9.17, 15) is 14.4 Å². The number of ether oxygens (including phenoxy) is 1. The molecule has 1 heterocycles. The number of carbonyl (C=O) groups is 3. The second kappa shape index (κ2) is 7.42. The number of benzene rings is 1. The number of hydrogen-bond donors (Lipinski definition) is 3. The van der Waals surface area contributed by atoms with E-state index < -0.39 is 17.5 Å². The zero-order valence-electron chi connectivity index (χ0n) is 14.9. The lowest BCUT2D eigenvalue weighted by molar-refractivity contribution is -0.118. The molecule has 1 aromatic rings. The first-order valence-electron chi connectivity index (χ1n) is 8.07. The Morgan fingerprint density at radius 2 is 2.00 bits per heavy atom. The van der Waals surface area contributed by atoms with Crippen molar-refractivity contribution in [1.29, 1.82) is 0 Å². The smallest absolute Gasteiger partial charge is 0.414 e. The van der Waals surface area contributed by atoms with E-state index in [1.54, 1.807) is 11.0 Å². The van der Waals surface area contributed by atoms with Gasteiger partial charge in [0.05, 0.1) is 18.8 Å². The number of anilines is 2. The number of nitrogens with one attached hydrogen (secondary N) is 3. The number of nitrogens with zero attached hydrogens (tertiary/aromatic N) is 1. The lowest BCUT2D eigenvalue weighted by Crippen LogP contribution is -2.49. The molecule has 25 heavy (non-hydrogen) atoms. The van der Waals surface area contributed by atoms with Gasteiger partial charge in [0, 0.05) is 11.2 Å². The number of amides is 4. The standard InChI is InChI=1S/C17H24N4O4/c1-11-12(6-5-7-13(11)21-8-9-25-16(21)24)18-10-14(22)19-15(23)20-17(2,3)4/h5-7,18H,8-10H2,1-4H3,(H2,19,20,22,23). The van der Waals surface area contributed by atoms with Crippen LogP contribution < -0.4 is 20.9 Å². The van der Waals surface area contributed by atoms with Gasteiger partial charge in [0.25, 0.3) is 0 Å². The molecule has 1 saturated heterocycles. The van der Waals surface area contributed by atoms with Crippen LogP contribution in [0, 0.1) is 6.92 Å². The van der Waals surface area contributed by atoms with Crippen LogP contribution in [0.5, 0.6) is 0 Å². The molecule has 4 amide bonds. The SMILES string of the molecule is Cc1c(NCC(=O)NC(=O)NC(C)(C)C)cccc1N1CCOC1=O. The fraction of sp³-hybridized carbons (Fsp3) is 0.471. The first kappa shape index (κ1) is 18.6. The summed E-state index contributed by atoms with van der Waals surface area (Å²) in [6.45, 7) is 8.13. The van der Waals surface area contributed by atoms with E-state index in [1.165, 1.54) is 0 Å². The monoisotopic (exact) mass is 348 g/mol. The quantitative estimate of drug-likeness (QED) is 0.773. The molecule has 0 bridgehead atoms. The van der Waals surface area contributed by atoms with E-state index in [0.29, 0.717) is 18.8 Å². The molecular formula is C17H24N4O4. The zero-order valence-corrected chi connectivity index (χ0v) is 14.9. The molecule has 3 N–H and O–H groups in total. The third kappa shape index (κ3) is 5.10. The molecular weight excluding hydrogens is 324 g/mol. The predicted octanol–water partition coefficient (Wildman–Crippen LogP) is 1.99. The maximum Gasteiger partial charge on any atom is 0.414 e. The highest BCUT2D eigenvalue weighted by Gasteiger charge is 2.25. The Morgan fingerprint density at radius 3 is 2.60 bits per heavy atom. The topological polar surface area (TPSA) is 99.8 Å². The van der Waals surface area contributed by atoms with Crippen LogP contribution in [0.25, 0.3) is 0 Å². The van der Waals surface area contributed by atoms with Crippen molar-refractivity contribution in [2.45, 2.75) is 33.2 Å². The van der Waals surface area contributed by atoms with Gasteiger partial charge < -0.3 is 15.4 Å². The van der Waals surface area contributed by atoms with Crippen molar-refractivity contribution >= 4 is 29.4 Å². The summed E-state index contributed by atoms with van der Waals surface area (Å²) in [7, 11) is 0. The summed E-state index contributed by atoms with van der Waals surface area (Å²) in [5.41, 5.74) is 1.85. The Hall–Kier alpha value is -2.77. The second-order valence-corrected chi connectivity index (χ2v) is 6.82. The zero-order chi connectivity index (χ0) is 18.6. The molecule has 1 aromatic carbocycles. The lowest BCUT2D eigenvalue weighted by atomic mass is 10.1. The number of hydrogen-bond acceptors (Lipinski definition) is 5. The first-order valence-corrected chi connectivity index (χ1v) is 8.07. The average molecular weight is 348 g/mol. The Bertz CT molecular complexity index is 682. The predicted molar refractivity (Wildman–Crippen MR) is 94.8 cm³/mol. The van der Waals surface area contributed by atoms with Crippen LogP contribution in [0.15, 0.2) is 18.2 Å². The van der Waals surface area contributed by atoms with Gasteiger partial charge in [0.2, 0.25) is 5.91 Å². The molecule has 0 atom stereocenters. The first-order chi connectivity index (χ1) is 11.7. The molecule has 0 unspecified atom stereocenters. The highest BCUT2D eigenvalue weighted by Crippen LogP contribution is 2.28. The Balaban J connectivity index is 1.96. The summed E-state index contributed by atoms with van der Waals surface area (Å²) >= 11 is 0. The third-order valence-corrected chi connectivity index (χ3v) is 3.54. The van der Waals surface area contributed by atoms with Gasteiger partial charge in [-0.2, -0.15) is 0 Å². The Kier molecular flexibility index (Phi) is 5.51. The summed E-state index contributed by atoms with van der Waals surface area (Å²) in [5, 5.41) is 7.91. The summed E-state index contributed by atoms with van der Waals surface area (Å²) in [6.07, 6.45) is -0.378. The van der Waals surface area contributed by atoms with Crippen molar-refractivity contribution in [3.8, 4) is 0 Å².